The van der Waals surface area contributed by atoms with E-state index in [1.165, 1.54) is 0 Å². The molecule has 5 nitrogen and oxygen atoms in total. The third-order valence-corrected chi connectivity index (χ3v) is 3.43. The van der Waals surface area contributed by atoms with Crippen molar-refractivity contribution in [2.24, 2.45) is 5.92 Å². The Morgan fingerprint density at radius 2 is 2.25 bits per heavy atom. The molecule has 1 amide bonds. The predicted molar refractivity (Wildman–Crippen MR) is 59.0 cm³/mol. The third kappa shape index (κ3) is 2.36. The first-order chi connectivity index (χ1) is 7.71. The van der Waals surface area contributed by atoms with Crippen LogP contribution in [0, 0.1) is 5.92 Å². The van der Waals surface area contributed by atoms with E-state index in [0.717, 1.165) is 19.4 Å². The molecule has 0 radical (unpaired) electrons. The van der Waals surface area contributed by atoms with Crippen LogP contribution in [0.1, 0.15) is 19.8 Å². The molecule has 2 aliphatic rings. The highest BCUT2D eigenvalue weighted by Crippen LogP contribution is 2.35. The largest absolute Gasteiger partial charge is 0.394 e. The van der Waals surface area contributed by atoms with E-state index in [9.17, 15) is 4.79 Å². The minimum Gasteiger partial charge on any atom is -0.394 e. The Hall–Kier alpha value is -0.650. The molecule has 1 saturated carbocycles. The maximum atomic E-state index is 12.0. The molecule has 1 aliphatic heterocycles. The Morgan fingerprint density at radius 3 is 2.81 bits per heavy atom. The summed E-state index contributed by atoms with van der Waals surface area (Å²) in [5.41, 5.74) is -0.323. The monoisotopic (exact) mass is 228 g/mol. The second-order valence-corrected chi connectivity index (χ2v) is 4.74. The van der Waals surface area contributed by atoms with Gasteiger partial charge >= 0.3 is 0 Å². The molecule has 5 heteroatoms. The summed E-state index contributed by atoms with van der Waals surface area (Å²) in [5.74, 6) is -0.112. The van der Waals surface area contributed by atoms with Crippen molar-refractivity contribution < 1.29 is 14.6 Å². The Labute approximate surface area is 95.5 Å². The predicted octanol–water partition coefficient (Wildman–Crippen LogP) is -0.748. The van der Waals surface area contributed by atoms with Gasteiger partial charge in [0.2, 0.25) is 5.91 Å². The summed E-state index contributed by atoms with van der Waals surface area (Å²) in [5, 5.41) is 15.3. The Kier molecular flexibility index (Phi) is 3.47. The maximum Gasteiger partial charge on any atom is 0.227 e. The van der Waals surface area contributed by atoms with E-state index in [-0.39, 0.29) is 30.0 Å². The number of carbonyl (C=O) groups excluding carboxylic acids is 1. The highest BCUT2D eigenvalue weighted by molar-refractivity contribution is 5.81. The molecule has 2 fully saturated rings. The molecular formula is C11H20N2O3. The fourth-order valence-corrected chi connectivity index (χ4v) is 2.10. The zero-order valence-electron chi connectivity index (χ0n) is 9.66. The number of hydrogen-bond acceptors (Lipinski definition) is 4. The first kappa shape index (κ1) is 11.8. The first-order valence-electron chi connectivity index (χ1n) is 5.95. The van der Waals surface area contributed by atoms with Crippen molar-refractivity contribution in [1.29, 1.82) is 0 Å². The molecule has 92 valence electrons. The van der Waals surface area contributed by atoms with E-state index in [4.69, 9.17) is 9.84 Å². The van der Waals surface area contributed by atoms with Gasteiger partial charge in [-0.3, -0.25) is 4.79 Å². The number of carbonyl (C=O) groups is 1. The number of aliphatic hydroxyl groups excluding tert-OH is 1. The summed E-state index contributed by atoms with van der Waals surface area (Å²) in [6.07, 6.45) is 1.77. The molecule has 2 atom stereocenters. The van der Waals surface area contributed by atoms with Gasteiger partial charge in [0.1, 0.15) is 0 Å². The van der Waals surface area contributed by atoms with Gasteiger partial charge in [0, 0.05) is 6.04 Å². The first-order valence-corrected chi connectivity index (χ1v) is 5.95. The van der Waals surface area contributed by atoms with Crippen molar-refractivity contribution in [3.63, 3.8) is 0 Å². The number of ether oxygens (including phenoxy) is 1. The molecular weight excluding hydrogens is 208 g/mol. The van der Waals surface area contributed by atoms with Gasteiger partial charge in [-0.2, -0.15) is 0 Å². The molecule has 0 bridgehead atoms. The van der Waals surface area contributed by atoms with Gasteiger partial charge in [0.25, 0.3) is 0 Å². The van der Waals surface area contributed by atoms with Gasteiger partial charge in [-0.15, -0.1) is 0 Å². The van der Waals surface area contributed by atoms with Gasteiger partial charge < -0.3 is 20.5 Å². The van der Waals surface area contributed by atoms with Gasteiger partial charge in [0.15, 0.2) is 0 Å². The van der Waals surface area contributed by atoms with Crippen LogP contribution in [0.5, 0.6) is 0 Å². The number of aliphatic hydroxyl groups is 1. The summed E-state index contributed by atoms with van der Waals surface area (Å²) >= 11 is 0. The number of rotatable bonds is 5. The average molecular weight is 228 g/mol. The van der Waals surface area contributed by atoms with Gasteiger partial charge in [-0.1, -0.05) is 6.92 Å². The quantitative estimate of drug-likeness (QED) is 0.579. The average Bonchev–Trinajstić information content (AvgIpc) is 2.88. The molecule has 0 aromatic heterocycles. The molecule has 2 rings (SSSR count). The van der Waals surface area contributed by atoms with E-state index in [1.54, 1.807) is 0 Å². The third-order valence-electron chi connectivity index (χ3n) is 3.43. The van der Waals surface area contributed by atoms with Crippen molar-refractivity contribution in [2.75, 3.05) is 26.4 Å². The number of amides is 1. The maximum absolute atomic E-state index is 12.0. The number of likely N-dealkylation sites (N-methyl/N-ethyl adjacent to an activating group) is 1. The molecule has 1 saturated heterocycles. The number of nitrogens with one attached hydrogen (secondary N) is 2. The zero-order valence-corrected chi connectivity index (χ0v) is 9.66. The lowest BCUT2D eigenvalue weighted by molar-refractivity contribution is -0.126. The van der Waals surface area contributed by atoms with Crippen LogP contribution in [0.15, 0.2) is 0 Å². The standard InChI is InChI=1S/C11H20N2O3/c1-2-12-9-6-16-5-8(9)10(15)13-11(7-14)3-4-11/h8-9,12,14H,2-7H2,1H3,(H,13,15). The summed E-state index contributed by atoms with van der Waals surface area (Å²) in [7, 11) is 0. The summed E-state index contributed by atoms with van der Waals surface area (Å²) in [4.78, 5) is 12.0. The molecule has 0 spiro atoms. The van der Waals surface area contributed by atoms with E-state index < -0.39 is 0 Å². The van der Waals surface area contributed by atoms with E-state index >= 15 is 0 Å². The van der Waals surface area contributed by atoms with Crippen LogP contribution in [0.3, 0.4) is 0 Å². The van der Waals surface area contributed by atoms with Crippen LogP contribution < -0.4 is 10.6 Å². The van der Waals surface area contributed by atoms with Crippen LogP contribution in [0.25, 0.3) is 0 Å². The highest BCUT2D eigenvalue weighted by atomic mass is 16.5. The SMILES string of the molecule is CCNC1COCC1C(=O)NC1(CO)CC1. The van der Waals surface area contributed by atoms with Crippen molar-refractivity contribution in [2.45, 2.75) is 31.3 Å². The normalized spacial score (nSPS) is 31.4. The Balaban J connectivity index is 1.88. The Morgan fingerprint density at radius 1 is 1.50 bits per heavy atom. The molecule has 3 N–H and O–H groups in total. The lowest BCUT2D eigenvalue weighted by atomic mass is 10.0. The van der Waals surface area contributed by atoms with Crippen LogP contribution in [0.4, 0.5) is 0 Å². The van der Waals surface area contributed by atoms with Crippen molar-refractivity contribution in [3.05, 3.63) is 0 Å². The van der Waals surface area contributed by atoms with Crippen molar-refractivity contribution in [3.8, 4) is 0 Å². The van der Waals surface area contributed by atoms with Crippen LogP contribution in [0.2, 0.25) is 0 Å². The second kappa shape index (κ2) is 4.69. The van der Waals surface area contributed by atoms with Gasteiger partial charge in [0.05, 0.1) is 31.3 Å². The molecule has 0 aromatic rings. The summed E-state index contributed by atoms with van der Waals surface area (Å²) in [6.45, 7) is 3.97. The van der Waals surface area contributed by atoms with E-state index in [1.807, 2.05) is 6.92 Å². The minimum absolute atomic E-state index is 0.00926. The van der Waals surface area contributed by atoms with Crippen LogP contribution in [-0.4, -0.2) is 49.0 Å². The van der Waals surface area contributed by atoms with Crippen LogP contribution >= 0.6 is 0 Å². The summed E-state index contributed by atoms with van der Waals surface area (Å²) in [6, 6.07) is 0.111. The second-order valence-electron chi connectivity index (χ2n) is 4.74. The number of hydrogen-bond donors (Lipinski definition) is 3. The Bertz CT molecular complexity index is 266. The molecule has 0 aromatic carbocycles. The highest BCUT2D eigenvalue weighted by Gasteiger charge is 2.46. The van der Waals surface area contributed by atoms with E-state index in [2.05, 4.69) is 10.6 Å². The summed E-state index contributed by atoms with van der Waals surface area (Å²) < 4.78 is 5.33. The minimum atomic E-state index is -0.323. The molecule has 16 heavy (non-hydrogen) atoms. The molecule has 1 heterocycles. The van der Waals surface area contributed by atoms with E-state index in [0.29, 0.717) is 13.2 Å². The van der Waals surface area contributed by atoms with Crippen molar-refractivity contribution in [1.82, 2.24) is 10.6 Å². The zero-order chi connectivity index (χ0) is 11.6. The smallest absolute Gasteiger partial charge is 0.227 e. The fourth-order valence-electron chi connectivity index (χ4n) is 2.10. The topological polar surface area (TPSA) is 70.6 Å². The molecule has 2 unspecified atom stereocenters. The fraction of sp³-hybridized carbons (Fsp3) is 0.909. The molecule has 1 aliphatic carbocycles. The van der Waals surface area contributed by atoms with Crippen LogP contribution in [-0.2, 0) is 9.53 Å². The van der Waals surface area contributed by atoms with Crippen molar-refractivity contribution >= 4 is 5.91 Å². The van der Waals surface area contributed by atoms with Gasteiger partial charge in [-0.25, -0.2) is 0 Å². The lowest BCUT2D eigenvalue weighted by Gasteiger charge is -2.21. The lowest BCUT2D eigenvalue weighted by Crippen LogP contribution is -2.48. The van der Waals surface area contributed by atoms with Gasteiger partial charge in [-0.05, 0) is 19.4 Å².